The minimum atomic E-state index is 0.530. The largest absolute Gasteiger partial charge is 0.247 e. The third kappa shape index (κ3) is 5.01. The highest BCUT2D eigenvalue weighted by molar-refractivity contribution is 9.10. The smallest absolute Gasteiger partial charge is 0.235 e. The molecule has 1 aromatic heterocycles. The summed E-state index contributed by atoms with van der Waals surface area (Å²) in [5.41, 5.74) is 4.74. The first kappa shape index (κ1) is 20.4. The molecule has 0 N–H and O–H groups in total. The van der Waals surface area contributed by atoms with Gasteiger partial charge in [-0.15, -0.1) is 0 Å². The molecule has 30 heavy (non-hydrogen) atoms. The number of rotatable bonds is 5. The molecular formula is C24H18Br2N4. The monoisotopic (exact) mass is 520 g/mol. The third-order valence-corrected chi connectivity index (χ3v) is 5.52. The molecule has 0 aliphatic heterocycles. The lowest BCUT2D eigenvalue weighted by molar-refractivity contribution is 0.938. The minimum absolute atomic E-state index is 0.530. The van der Waals surface area contributed by atoms with Crippen LogP contribution >= 0.6 is 31.9 Å². The van der Waals surface area contributed by atoms with E-state index < -0.39 is 0 Å². The molecule has 0 amide bonds. The maximum Gasteiger partial charge on any atom is 0.247 e. The highest BCUT2D eigenvalue weighted by Gasteiger charge is 2.11. The van der Waals surface area contributed by atoms with Crippen LogP contribution in [-0.4, -0.2) is 23.2 Å². The van der Waals surface area contributed by atoms with Gasteiger partial charge in [0.05, 0.1) is 17.6 Å². The molecule has 0 radical (unpaired) electrons. The summed E-state index contributed by atoms with van der Waals surface area (Å²) in [6.07, 6.45) is 1.80. The Hall–Kier alpha value is -2.83. The van der Waals surface area contributed by atoms with E-state index >= 15 is 0 Å². The maximum atomic E-state index is 4.76. The maximum absolute atomic E-state index is 4.76. The van der Waals surface area contributed by atoms with Crippen LogP contribution in [0.5, 0.6) is 0 Å². The van der Waals surface area contributed by atoms with Crippen molar-refractivity contribution in [3.8, 4) is 22.5 Å². The average molecular weight is 522 g/mol. The Morgan fingerprint density at radius 1 is 0.733 bits per heavy atom. The van der Waals surface area contributed by atoms with Gasteiger partial charge in [0.15, 0.2) is 0 Å². The highest BCUT2D eigenvalue weighted by atomic mass is 79.9. The van der Waals surface area contributed by atoms with Gasteiger partial charge in [0, 0.05) is 27.1 Å². The number of hydrogen-bond acceptors (Lipinski definition) is 4. The van der Waals surface area contributed by atoms with Gasteiger partial charge in [0.25, 0.3) is 0 Å². The number of hydrogen-bond donors (Lipinski definition) is 0. The van der Waals surface area contributed by atoms with Gasteiger partial charge in [0.1, 0.15) is 0 Å². The lowest BCUT2D eigenvalue weighted by Gasteiger charge is -2.14. The van der Waals surface area contributed by atoms with E-state index in [0.29, 0.717) is 5.95 Å². The Bertz CT molecular complexity index is 1160. The molecule has 0 saturated carbocycles. The predicted molar refractivity (Wildman–Crippen MR) is 131 cm³/mol. The van der Waals surface area contributed by atoms with E-state index in [0.717, 1.165) is 37.0 Å². The summed E-state index contributed by atoms with van der Waals surface area (Å²) in [6.45, 7) is 0. The molecule has 148 valence electrons. The average Bonchev–Trinajstić information content (AvgIpc) is 2.79. The highest BCUT2D eigenvalue weighted by Crippen LogP contribution is 2.27. The Morgan fingerprint density at radius 2 is 1.27 bits per heavy atom. The van der Waals surface area contributed by atoms with Crippen molar-refractivity contribution in [1.29, 1.82) is 0 Å². The van der Waals surface area contributed by atoms with Crippen LogP contribution in [0.4, 0.5) is 5.95 Å². The topological polar surface area (TPSA) is 41.4 Å². The molecule has 0 saturated heterocycles. The van der Waals surface area contributed by atoms with E-state index in [4.69, 9.17) is 9.97 Å². The standard InChI is InChI=1S/C24H18Br2N4/c1-30(27-16-17-7-11-20(25)12-8-17)24-28-22(18-5-3-2-4-6-18)15-23(29-24)19-9-13-21(26)14-10-19/h2-16H,1H3/b27-16+. The van der Waals surface area contributed by atoms with Gasteiger partial charge in [0.2, 0.25) is 5.95 Å². The van der Waals surface area contributed by atoms with Crippen molar-refractivity contribution in [2.24, 2.45) is 5.10 Å². The number of hydrazone groups is 1. The molecule has 0 unspecified atom stereocenters. The molecule has 0 spiro atoms. The second-order valence-corrected chi connectivity index (χ2v) is 8.46. The van der Waals surface area contributed by atoms with Gasteiger partial charge in [-0.3, -0.25) is 0 Å². The molecule has 0 aliphatic rings. The van der Waals surface area contributed by atoms with Crippen LogP contribution in [0.2, 0.25) is 0 Å². The SMILES string of the molecule is CN(/N=C/c1ccc(Br)cc1)c1nc(-c2ccccc2)cc(-c2ccc(Br)cc2)n1. The lowest BCUT2D eigenvalue weighted by Crippen LogP contribution is -2.13. The van der Waals surface area contributed by atoms with E-state index in [1.54, 1.807) is 11.2 Å². The summed E-state index contributed by atoms with van der Waals surface area (Å²) in [5.74, 6) is 0.530. The molecule has 3 aromatic carbocycles. The predicted octanol–water partition coefficient (Wildman–Crippen LogP) is 6.81. The number of aromatic nitrogens is 2. The zero-order valence-electron chi connectivity index (χ0n) is 16.2. The Balaban J connectivity index is 1.73. The van der Waals surface area contributed by atoms with Crippen LogP contribution in [0.25, 0.3) is 22.5 Å². The molecular weight excluding hydrogens is 504 g/mol. The minimum Gasteiger partial charge on any atom is -0.235 e. The Kier molecular flexibility index (Phi) is 6.35. The second kappa shape index (κ2) is 9.32. The summed E-state index contributed by atoms with van der Waals surface area (Å²) in [5, 5.41) is 6.23. The first-order valence-corrected chi connectivity index (χ1v) is 10.9. The molecule has 4 rings (SSSR count). The fourth-order valence-electron chi connectivity index (χ4n) is 2.86. The van der Waals surface area contributed by atoms with E-state index in [1.807, 2.05) is 92.0 Å². The van der Waals surface area contributed by atoms with Gasteiger partial charge < -0.3 is 0 Å². The van der Waals surface area contributed by atoms with Gasteiger partial charge in [-0.05, 0) is 35.9 Å². The van der Waals surface area contributed by atoms with Gasteiger partial charge >= 0.3 is 0 Å². The van der Waals surface area contributed by atoms with E-state index in [2.05, 4.69) is 37.0 Å². The summed E-state index contributed by atoms with van der Waals surface area (Å²) < 4.78 is 2.06. The van der Waals surface area contributed by atoms with Gasteiger partial charge in [-0.1, -0.05) is 86.5 Å². The van der Waals surface area contributed by atoms with E-state index in [1.165, 1.54) is 0 Å². The van der Waals surface area contributed by atoms with Crippen LogP contribution in [0.3, 0.4) is 0 Å². The third-order valence-electron chi connectivity index (χ3n) is 4.46. The second-order valence-electron chi connectivity index (χ2n) is 6.63. The number of halogens is 2. The quantitative estimate of drug-likeness (QED) is 0.214. The molecule has 0 aliphatic carbocycles. The normalized spacial score (nSPS) is 11.0. The van der Waals surface area contributed by atoms with Crippen LogP contribution in [0.1, 0.15) is 5.56 Å². The van der Waals surface area contributed by atoms with Crippen molar-refractivity contribution in [3.63, 3.8) is 0 Å². The fourth-order valence-corrected chi connectivity index (χ4v) is 3.39. The van der Waals surface area contributed by atoms with Crippen molar-refractivity contribution in [3.05, 3.63) is 99.4 Å². The number of nitrogens with zero attached hydrogens (tertiary/aromatic N) is 4. The summed E-state index contributed by atoms with van der Waals surface area (Å²) in [7, 11) is 1.85. The van der Waals surface area contributed by atoms with Crippen LogP contribution < -0.4 is 5.01 Å². The molecule has 0 bridgehead atoms. The summed E-state index contributed by atoms with van der Waals surface area (Å²) in [6, 6.07) is 28.2. The Labute approximate surface area is 192 Å². The zero-order chi connectivity index (χ0) is 20.9. The molecule has 6 heteroatoms. The molecule has 1 heterocycles. The first-order valence-electron chi connectivity index (χ1n) is 9.32. The van der Waals surface area contributed by atoms with E-state index in [9.17, 15) is 0 Å². The molecule has 0 atom stereocenters. The van der Waals surface area contributed by atoms with Crippen molar-refractivity contribution < 1.29 is 0 Å². The number of benzene rings is 3. The van der Waals surface area contributed by atoms with Crippen molar-refractivity contribution in [2.45, 2.75) is 0 Å². The number of anilines is 1. The molecule has 4 aromatic rings. The van der Waals surface area contributed by atoms with Crippen molar-refractivity contribution >= 4 is 44.0 Å². The lowest BCUT2D eigenvalue weighted by atomic mass is 10.1. The zero-order valence-corrected chi connectivity index (χ0v) is 19.4. The van der Waals surface area contributed by atoms with Gasteiger partial charge in [-0.25, -0.2) is 15.0 Å². The van der Waals surface area contributed by atoms with E-state index in [-0.39, 0.29) is 0 Å². The summed E-state index contributed by atoms with van der Waals surface area (Å²) >= 11 is 6.94. The fraction of sp³-hybridized carbons (Fsp3) is 0.0417. The van der Waals surface area contributed by atoms with Crippen molar-refractivity contribution in [1.82, 2.24) is 9.97 Å². The van der Waals surface area contributed by atoms with Crippen LogP contribution in [0, 0.1) is 0 Å². The molecule has 4 nitrogen and oxygen atoms in total. The van der Waals surface area contributed by atoms with Crippen LogP contribution in [-0.2, 0) is 0 Å². The first-order chi connectivity index (χ1) is 14.6. The Morgan fingerprint density at radius 3 is 1.87 bits per heavy atom. The van der Waals surface area contributed by atoms with Crippen LogP contribution in [0.15, 0.2) is 99.0 Å². The van der Waals surface area contributed by atoms with Crippen molar-refractivity contribution in [2.75, 3.05) is 12.1 Å². The summed E-state index contributed by atoms with van der Waals surface area (Å²) in [4.78, 5) is 9.52. The molecule has 0 fully saturated rings. The van der Waals surface area contributed by atoms with Gasteiger partial charge in [-0.2, -0.15) is 5.10 Å².